The van der Waals surface area contributed by atoms with Crippen molar-refractivity contribution in [1.29, 1.82) is 0 Å². The number of imidazole rings is 1. The van der Waals surface area contributed by atoms with Crippen LogP contribution in [0.2, 0.25) is 0 Å². The van der Waals surface area contributed by atoms with Crippen LogP contribution in [-0.2, 0) is 5.88 Å². The normalized spacial score (nSPS) is 23.4. The molecular weight excluding hydrogens is 270 g/mol. The van der Waals surface area contributed by atoms with E-state index in [1.807, 2.05) is 12.3 Å². The average Bonchev–Trinajstić information content (AvgIpc) is 2.87. The summed E-state index contributed by atoms with van der Waals surface area (Å²) < 4.78 is 2.34. The molecule has 0 saturated heterocycles. The lowest BCUT2D eigenvalue weighted by Gasteiger charge is -2.33. The van der Waals surface area contributed by atoms with Crippen molar-refractivity contribution in [1.82, 2.24) is 14.5 Å². The van der Waals surface area contributed by atoms with Gasteiger partial charge in [0.05, 0.1) is 5.88 Å². The lowest BCUT2D eigenvalue weighted by Crippen LogP contribution is -2.24. The van der Waals surface area contributed by atoms with Crippen molar-refractivity contribution < 1.29 is 0 Å². The van der Waals surface area contributed by atoms with Crippen molar-refractivity contribution >= 4 is 22.8 Å². The number of hydrogen-bond acceptors (Lipinski definition) is 2. The van der Waals surface area contributed by atoms with Crippen LogP contribution in [0.25, 0.3) is 11.2 Å². The van der Waals surface area contributed by atoms with Gasteiger partial charge in [0.2, 0.25) is 0 Å². The summed E-state index contributed by atoms with van der Waals surface area (Å²) in [6.45, 7) is 4.39. The van der Waals surface area contributed by atoms with Gasteiger partial charge in [-0.1, -0.05) is 26.2 Å². The van der Waals surface area contributed by atoms with Crippen LogP contribution in [0.5, 0.6) is 0 Å². The van der Waals surface area contributed by atoms with Gasteiger partial charge in [-0.3, -0.25) is 0 Å². The minimum Gasteiger partial charge on any atom is -0.308 e. The molecule has 4 heteroatoms. The Hall–Kier alpha value is -1.09. The quantitative estimate of drug-likeness (QED) is 0.773. The maximum absolute atomic E-state index is 6.15. The second kappa shape index (κ2) is 5.72. The van der Waals surface area contributed by atoms with E-state index in [1.165, 1.54) is 37.7 Å². The summed E-state index contributed by atoms with van der Waals surface area (Å²) >= 11 is 6.15. The first-order chi connectivity index (χ1) is 9.76. The van der Waals surface area contributed by atoms with Gasteiger partial charge in [0.15, 0.2) is 5.65 Å². The van der Waals surface area contributed by atoms with Gasteiger partial charge < -0.3 is 4.57 Å². The summed E-state index contributed by atoms with van der Waals surface area (Å²) in [5.74, 6) is 2.17. The van der Waals surface area contributed by atoms with Crippen molar-refractivity contribution in [3.63, 3.8) is 0 Å². The predicted octanol–water partition coefficient (Wildman–Crippen LogP) is 4.62. The van der Waals surface area contributed by atoms with Crippen LogP contribution in [0.3, 0.4) is 0 Å². The molecule has 0 aliphatic heterocycles. The number of rotatable bonds is 3. The van der Waals surface area contributed by atoms with Gasteiger partial charge in [0, 0.05) is 12.2 Å². The number of pyridine rings is 1. The Morgan fingerprint density at radius 1 is 1.35 bits per heavy atom. The van der Waals surface area contributed by atoms with Crippen LogP contribution in [0.1, 0.15) is 56.5 Å². The molecule has 0 N–H and O–H groups in total. The first kappa shape index (κ1) is 13.9. The summed E-state index contributed by atoms with van der Waals surface area (Å²) in [6, 6.07) is 2.54. The first-order valence-electron chi connectivity index (χ1n) is 7.64. The molecule has 0 aromatic carbocycles. The molecule has 3 nitrogen and oxygen atoms in total. The Morgan fingerprint density at radius 2 is 2.15 bits per heavy atom. The topological polar surface area (TPSA) is 30.7 Å². The minimum absolute atomic E-state index is 0.461. The maximum atomic E-state index is 6.15. The van der Waals surface area contributed by atoms with E-state index in [1.54, 1.807) is 0 Å². The van der Waals surface area contributed by atoms with Gasteiger partial charge >= 0.3 is 0 Å². The third-order valence-corrected chi connectivity index (χ3v) is 4.94. The van der Waals surface area contributed by atoms with E-state index in [9.17, 15) is 0 Å². The molecule has 2 atom stereocenters. The van der Waals surface area contributed by atoms with Gasteiger partial charge in [0.1, 0.15) is 11.3 Å². The molecule has 0 bridgehead atoms. The van der Waals surface area contributed by atoms with Crippen molar-refractivity contribution in [2.75, 3.05) is 0 Å². The summed E-state index contributed by atoms with van der Waals surface area (Å²) in [5.41, 5.74) is 3.22. The van der Waals surface area contributed by atoms with Gasteiger partial charge in [-0.2, -0.15) is 0 Å². The van der Waals surface area contributed by atoms with Crippen LogP contribution >= 0.6 is 11.6 Å². The maximum Gasteiger partial charge on any atom is 0.160 e. The fourth-order valence-electron chi connectivity index (χ4n) is 3.60. The molecule has 1 fully saturated rings. The van der Waals surface area contributed by atoms with E-state index in [-0.39, 0.29) is 0 Å². The Bertz CT molecular complexity index is 605. The van der Waals surface area contributed by atoms with E-state index < -0.39 is 0 Å². The number of halogens is 1. The highest BCUT2D eigenvalue weighted by atomic mass is 35.5. The van der Waals surface area contributed by atoms with Crippen LogP contribution in [-0.4, -0.2) is 14.5 Å². The van der Waals surface area contributed by atoms with Crippen molar-refractivity contribution in [3.05, 3.63) is 23.7 Å². The smallest absolute Gasteiger partial charge is 0.160 e. The number of aromatic nitrogens is 3. The first-order valence-corrected chi connectivity index (χ1v) is 8.18. The highest BCUT2D eigenvalue weighted by Crippen LogP contribution is 2.38. The van der Waals surface area contributed by atoms with E-state index >= 15 is 0 Å². The van der Waals surface area contributed by atoms with E-state index in [2.05, 4.69) is 23.4 Å². The standard InChI is InChI=1S/C16H22ClN3/c1-3-12-6-4-5-7-13(12)20-14(10-17)19-15-11(2)8-9-18-16(15)20/h8-9,12-13H,3-7,10H2,1-2H3. The van der Waals surface area contributed by atoms with Crippen molar-refractivity contribution in [3.8, 4) is 0 Å². The molecule has 2 heterocycles. The molecule has 2 aromatic rings. The van der Waals surface area contributed by atoms with Crippen molar-refractivity contribution in [2.24, 2.45) is 5.92 Å². The summed E-state index contributed by atoms with van der Waals surface area (Å²) in [4.78, 5) is 9.34. The van der Waals surface area contributed by atoms with Crippen LogP contribution in [0, 0.1) is 12.8 Å². The fourth-order valence-corrected chi connectivity index (χ4v) is 3.79. The van der Waals surface area contributed by atoms with Crippen LogP contribution in [0.15, 0.2) is 12.3 Å². The highest BCUT2D eigenvalue weighted by Gasteiger charge is 2.29. The molecule has 1 aliphatic carbocycles. The zero-order valence-corrected chi connectivity index (χ0v) is 13.0. The molecular formula is C16H22ClN3. The summed E-state index contributed by atoms with van der Waals surface area (Å²) in [6.07, 6.45) is 8.30. The minimum atomic E-state index is 0.461. The highest BCUT2D eigenvalue weighted by molar-refractivity contribution is 6.16. The molecule has 2 unspecified atom stereocenters. The second-order valence-corrected chi connectivity index (χ2v) is 6.12. The number of alkyl halides is 1. The molecule has 1 aliphatic rings. The van der Waals surface area contributed by atoms with E-state index in [4.69, 9.17) is 16.6 Å². The third-order valence-electron chi connectivity index (χ3n) is 4.70. The molecule has 3 rings (SSSR count). The molecule has 0 amide bonds. The molecule has 1 saturated carbocycles. The van der Waals surface area contributed by atoms with Gasteiger partial charge in [0.25, 0.3) is 0 Å². The molecule has 108 valence electrons. The summed E-state index contributed by atoms with van der Waals surface area (Å²) in [7, 11) is 0. The Morgan fingerprint density at radius 3 is 2.90 bits per heavy atom. The summed E-state index contributed by atoms with van der Waals surface area (Å²) in [5, 5.41) is 0. The Balaban J connectivity index is 2.15. The average molecular weight is 292 g/mol. The lowest BCUT2D eigenvalue weighted by atomic mass is 9.82. The number of nitrogens with zero attached hydrogens (tertiary/aromatic N) is 3. The molecule has 0 radical (unpaired) electrons. The number of fused-ring (bicyclic) bond motifs is 1. The Kier molecular flexibility index (Phi) is 3.97. The Labute approximate surface area is 125 Å². The van der Waals surface area contributed by atoms with Crippen LogP contribution < -0.4 is 0 Å². The monoisotopic (exact) mass is 291 g/mol. The fraction of sp³-hybridized carbons (Fsp3) is 0.625. The zero-order chi connectivity index (χ0) is 14.1. The van der Waals surface area contributed by atoms with Gasteiger partial charge in [-0.25, -0.2) is 9.97 Å². The van der Waals surface area contributed by atoms with E-state index in [0.29, 0.717) is 11.9 Å². The van der Waals surface area contributed by atoms with Gasteiger partial charge in [-0.05, 0) is 37.3 Å². The molecule has 20 heavy (non-hydrogen) atoms. The van der Waals surface area contributed by atoms with Gasteiger partial charge in [-0.15, -0.1) is 11.6 Å². The van der Waals surface area contributed by atoms with Crippen LogP contribution in [0.4, 0.5) is 0 Å². The molecule has 2 aromatic heterocycles. The lowest BCUT2D eigenvalue weighted by molar-refractivity contribution is 0.233. The SMILES string of the molecule is CCC1CCCCC1n1c(CCl)nc2c(C)ccnc21. The third kappa shape index (κ3) is 2.22. The van der Waals surface area contributed by atoms with Crippen molar-refractivity contribution in [2.45, 2.75) is 57.9 Å². The second-order valence-electron chi connectivity index (χ2n) is 5.85. The predicted molar refractivity (Wildman–Crippen MR) is 83.1 cm³/mol. The largest absolute Gasteiger partial charge is 0.308 e. The number of aryl methyl sites for hydroxylation is 1. The van der Waals surface area contributed by atoms with E-state index in [0.717, 1.165) is 22.9 Å². The molecule has 0 spiro atoms. The zero-order valence-electron chi connectivity index (χ0n) is 12.3. The number of hydrogen-bond donors (Lipinski definition) is 0.